The maximum absolute atomic E-state index is 12.1. The molecule has 1 aromatic carbocycles. The van der Waals surface area contributed by atoms with Crippen LogP contribution in [0.5, 0.6) is 0 Å². The number of carboxylic acid groups (broad SMARTS) is 1. The van der Waals surface area contributed by atoms with Gasteiger partial charge in [-0.05, 0) is 30.5 Å². The predicted octanol–water partition coefficient (Wildman–Crippen LogP) is 0.103. The highest BCUT2D eigenvalue weighted by Gasteiger charge is 2.22. The number of benzene rings is 1. The van der Waals surface area contributed by atoms with Gasteiger partial charge < -0.3 is 21.5 Å². The summed E-state index contributed by atoms with van der Waals surface area (Å²) in [5.74, 6) is -2.27. The van der Waals surface area contributed by atoms with E-state index in [1.807, 2.05) is 6.07 Å². The molecule has 1 aliphatic heterocycles. The van der Waals surface area contributed by atoms with Crippen LogP contribution in [0, 0.1) is 0 Å². The quantitative estimate of drug-likeness (QED) is 0.592. The number of hydrogen-bond donors (Lipinski definition) is 4. The Morgan fingerprint density at radius 1 is 1.38 bits per heavy atom. The van der Waals surface area contributed by atoms with Crippen molar-refractivity contribution in [3.8, 4) is 0 Å². The molecule has 2 amide bonds. The number of primary amides is 1. The van der Waals surface area contributed by atoms with Gasteiger partial charge in [-0.2, -0.15) is 0 Å². The molecule has 7 nitrogen and oxygen atoms in total. The van der Waals surface area contributed by atoms with Gasteiger partial charge in [0.25, 0.3) is 5.91 Å². The number of fused-ring (bicyclic) bond motifs is 1. The van der Waals surface area contributed by atoms with Crippen molar-refractivity contribution < 1.29 is 19.5 Å². The zero-order chi connectivity index (χ0) is 15.4. The van der Waals surface area contributed by atoms with Crippen LogP contribution in [0.3, 0.4) is 0 Å². The Labute approximate surface area is 121 Å². The molecule has 1 atom stereocenters. The minimum Gasteiger partial charge on any atom is -0.480 e. The van der Waals surface area contributed by atoms with E-state index in [9.17, 15) is 14.4 Å². The second-order valence-corrected chi connectivity index (χ2v) is 4.92. The molecule has 0 radical (unpaired) electrons. The number of rotatable bonds is 6. The summed E-state index contributed by atoms with van der Waals surface area (Å²) in [7, 11) is 0. The van der Waals surface area contributed by atoms with Crippen LogP contribution in [0.4, 0.5) is 5.69 Å². The smallest absolute Gasteiger partial charge is 0.326 e. The Morgan fingerprint density at radius 3 is 2.81 bits per heavy atom. The normalized spacial score (nSPS) is 13.9. The molecule has 1 heterocycles. The highest BCUT2D eigenvalue weighted by Crippen LogP contribution is 2.23. The van der Waals surface area contributed by atoms with Gasteiger partial charge in [0.05, 0.1) is 0 Å². The zero-order valence-electron chi connectivity index (χ0n) is 11.4. The van der Waals surface area contributed by atoms with Gasteiger partial charge in [0, 0.05) is 24.2 Å². The van der Waals surface area contributed by atoms with Gasteiger partial charge in [0.1, 0.15) is 6.04 Å². The first-order chi connectivity index (χ1) is 9.97. The van der Waals surface area contributed by atoms with E-state index in [0.29, 0.717) is 5.56 Å². The summed E-state index contributed by atoms with van der Waals surface area (Å²) in [6.45, 7) is 0.830. The Bertz CT molecular complexity index is 586. The van der Waals surface area contributed by atoms with Crippen molar-refractivity contribution in [3.05, 3.63) is 29.3 Å². The minimum absolute atomic E-state index is 0.0282. The van der Waals surface area contributed by atoms with E-state index < -0.39 is 23.8 Å². The number of hydrogen-bond acceptors (Lipinski definition) is 4. The molecule has 0 bridgehead atoms. The highest BCUT2D eigenvalue weighted by molar-refractivity contribution is 5.97. The molecule has 0 aliphatic carbocycles. The number of carbonyl (C=O) groups excluding carboxylic acids is 2. The zero-order valence-corrected chi connectivity index (χ0v) is 11.4. The number of anilines is 1. The van der Waals surface area contributed by atoms with Crippen LogP contribution in [0.2, 0.25) is 0 Å². The molecule has 0 unspecified atom stereocenters. The lowest BCUT2D eigenvalue weighted by molar-refractivity contribution is -0.139. The monoisotopic (exact) mass is 291 g/mol. The molecular formula is C14H17N3O4. The first kappa shape index (κ1) is 14.8. The molecule has 0 fully saturated rings. The van der Waals surface area contributed by atoms with Crippen molar-refractivity contribution in [2.45, 2.75) is 25.3 Å². The predicted molar refractivity (Wildman–Crippen MR) is 76.0 cm³/mol. The lowest BCUT2D eigenvalue weighted by Crippen LogP contribution is -2.41. The molecule has 112 valence electrons. The van der Waals surface area contributed by atoms with Gasteiger partial charge in [0.2, 0.25) is 5.91 Å². The molecule has 7 heteroatoms. The van der Waals surface area contributed by atoms with Crippen LogP contribution in [0.15, 0.2) is 18.2 Å². The molecule has 1 aromatic rings. The first-order valence-electron chi connectivity index (χ1n) is 6.66. The lowest BCUT2D eigenvalue weighted by atomic mass is 10.1. The maximum Gasteiger partial charge on any atom is 0.326 e. The number of nitrogens with one attached hydrogen (secondary N) is 2. The summed E-state index contributed by atoms with van der Waals surface area (Å²) in [5.41, 5.74) is 7.40. The van der Waals surface area contributed by atoms with E-state index >= 15 is 0 Å². The largest absolute Gasteiger partial charge is 0.480 e. The van der Waals surface area contributed by atoms with Crippen LogP contribution in [-0.2, 0) is 16.0 Å². The number of carbonyl (C=O) groups is 3. The Kier molecular flexibility index (Phi) is 4.42. The fraction of sp³-hybridized carbons (Fsp3) is 0.357. The van der Waals surface area contributed by atoms with E-state index in [2.05, 4.69) is 10.6 Å². The van der Waals surface area contributed by atoms with Crippen molar-refractivity contribution in [1.82, 2.24) is 5.32 Å². The number of nitrogens with two attached hydrogens (primary N) is 1. The fourth-order valence-electron chi connectivity index (χ4n) is 2.22. The van der Waals surface area contributed by atoms with Gasteiger partial charge in [-0.3, -0.25) is 9.59 Å². The van der Waals surface area contributed by atoms with E-state index in [1.54, 1.807) is 12.1 Å². The Balaban J connectivity index is 2.04. The van der Waals surface area contributed by atoms with Crippen molar-refractivity contribution in [2.24, 2.45) is 5.73 Å². The third-order valence-corrected chi connectivity index (χ3v) is 3.36. The molecule has 0 spiro atoms. The van der Waals surface area contributed by atoms with E-state index in [0.717, 1.165) is 24.2 Å². The lowest BCUT2D eigenvalue weighted by Gasteiger charge is -2.14. The summed E-state index contributed by atoms with van der Waals surface area (Å²) in [4.78, 5) is 33.9. The van der Waals surface area contributed by atoms with E-state index in [4.69, 9.17) is 10.8 Å². The maximum atomic E-state index is 12.1. The average molecular weight is 291 g/mol. The summed E-state index contributed by atoms with van der Waals surface area (Å²) < 4.78 is 0. The standard InChI is InChI=1S/C14H17N3O4/c15-12(18)4-3-10(14(20)21)17-13(19)9-2-1-8-5-6-16-11(8)7-9/h1-2,7,10,16H,3-6H2,(H2,15,18)(H,17,19)(H,20,21)/t10-/m1/s1. The van der Waals surface area contributed by atoms with Gasteiger partial charge in [-0.15, -0.1) is 0 Å². The molecule has 21 heavy (non-hydrogen) atoms. The van der Waals surface area contributed by atoms with Crippen LogP contribution in [0.25, 0.3) is 0 Å². The minimum atomic E-state index is -1.19. The van der Waals surface area contributed by atoms with Crippen LogP contribution in [-0.4, -0.2) is 35.5 Å². The SMILES string of the molecule is NC(=O)CC[C@@H](NC(=O)c1ccc2c(c1)NCC2)C(=O)O. The van der Waals surface area contributed by atoms with E-state index in [-0.39, 0.29) is 12.8 Å². The topological polar surface area (TPSA) is 122 Å². The van der Waals surface area contributed by atoms with Crippen LogP contribution >= 0.6 is 0 Å². The Morgan fingerprint density at radius 2 is 2.14 bits per heavy atom. The molecule has 5 N–H and O–H groups in total. The third kappa shape index (κ3) is 3.71. The average Bonchev–Trinajstić information content (AvgIpc) is 2.89. The molecule has 0 saturated heterocycles. The van der Waals surface area contributed by atoms with Crippen LogP contribution < -0.4 is 16.4 Å². The van der Waals surface area contributed by atoms with Gasteiger partial charge in [0.15, 0.2) is 0 Å². The molecule has 2 rings (SSSR count). The van der Waals surface area contributed by atoms with E-state index in [1.165, 1.54) is 0 Å². The Hall–Kier alpha value is -2.57. The molecule has 1 aliphatic rings. The summed E-state index contributed by atoms with van der Waals surface area (Å²) >= 11 is 0. The van der Waals surface area contributed by atoms with Crippen molar-refractivity contribution >= 4 is 23.5 Å². The summed E-state index contributed by atoms with van der Waals surface area (Å²) in [6.07, 6.45) is 0.788. The van der Waals surface area contributed by atoms with Crippen molar-refractivity contribution in [3.63, 3.8) is 0 Å². The first-order valence-corrected chi connectivity index (χ1v) is 6.66. The number of amides is 2. The fourth-order valence-corrected chi connectivity index (χ4v) is 2.22. The number of aliphatic carboxylic acids is 1. The van der Waals surface area contributed by atoms with Crippen molar-refractivity contribution in [2.75, 3.05) is 11.9 Å². The molecule has 0 saturated carbocycles. The van der Waals surface area contributed by atoms with Gasteiger partial charge in [-0.1, -0.05) is 6.07 Å². The van der Waals surface area contributed by atoms with Crippen LogP contribution in [0.1, 0.15) is 28.8 Å². The third-order valence-electron chi connectivity index (χ3n) is 3.36. The second kappa shape index (κ2) is 6.25. The van der Waals surface area contributed by atoms with Gasteiger partial charge in [-0.25, -0.2) is 4.79 Å². The summed E-state index contributed by atoms with van der Waals surface area (Å²) in [5, 5.41) is 14.6. The molecular weight excluding hydrogens is 274 g/mol. The number of carboxylic acids is 1. The second-order valence-electron chi connectivity index (χ2n) is 4.92. The van der Waals surface area contributed by atoms with Gasteiger partial charge >= 0.3 is 5.97 Å². The molecule has 0 aromatic heterocycles. The highest BCUT2D eigenvalue weighted by atomic mass is 16.4. The summed E-state index contributed by atoms with van der Waals surface area (Å²) in [6, 6.07) is 4.08. The van der Waals surface area contributed by atoms with Crippen molar-refractivity contribution in [1.29, 1.82) is 0 Å².